The van der Waals surface area contributed by atoms with Crippen molar-refractivity contribution in [1.29, 1.82) is 0 Å². The van der Waals surface area contributed by atoms with E-state index in [2.05, 4.69) is 36.6 Å². The molecule has 2 aromatic rings. The smallest absolute Gasteiger partial charge is 0.247 e. The summed E-state index contributed by atoms with van der Waals surface area (Å²) in [6, 6.07) is 12.0. The minimum absolute atomic E-state index is 0.0861. The summed E-state index contributed by atoms with van der Waals surface area (Å²) in [5.74, 6) is 1.29. The zero-order chi connectivity index (χ0) is 20.4. The van der Waals surface area contributed by atoms with Crippen molar-refractivity contribution in [1.82, 2.24) is 14.4 Å². The third-order valence-corrected chi connectivity index (χ3v) is 6.77. The Morgan fingerprint density at radius 2 is 1.83 bits per heavy atom. The number of rotatable bonds is 4. The Labute approximate surface area is 176 Å². The third-order valence-electron chi connectivity index (χ3n) is 5.76. The number of hydrogen-bond acceptors (Lipinski definition) is 3. The molecule has 2 fully saturated rings. The minimum atomic E-state index is -0.327. The molecule has 0 aliphatic carbocycles. The van der Waals surface area contributed by atoms with Gasteiger partial charge in [0.05, 0.1) is 5.88 Å². The first-order chi connectivity index (χ1) is 14.1. The Morgan fingerprint density at radius 1 is 1.10 bits per heavy atom. The molecule has 0 bridgehead atoms. The van der Waals surface area contributed by atoms with Gasteiger partial charge in [-0.2, -0.15) is 0 Å². The number of carbonyl (C=O) groups is 2. The van der Waals surface area contributed by atoms with E-state index in [9.17, 15) is 9.59 Å². The molecule has 1 aromatic heterocycles. The number of para-hydroxylation sites is 1. The maximum Gasteiger partial charge on any atom is 0.247 e. The van der Waals surface area contributed by atoms with Gasteiger partial charge in [0.15, 0.2) is 0 Å². The SMILES string of the molecule is Cc1cc(/C=C/C(=O)N2CSC[C@@H]2C(=O)N2CCCC2)c(C)n1-c1ccccc1. The Balaban J connectivity index is 1.50. The zero-order valence-electron chi connectivity index (χ0n) is 17.0. The van der Waals surface area contributed by atoms with E-state index < -0.39 is 0 Å². The molecule has 1 aromatic carbocycles. The molecule has 5 nitrogen and oxygen atoms in total. The van der Waals surface area contributed by atoms with Crippen LogP contribution in [0.2, 0.25) is 0 Å². The van der Waals surface area contributed by atoms with Crippen LogP contribution in [0, 0.1) is 13.8 Å². The van der Waals surface area contributed by atoms with Gasteiger partial charge in [-0.15, -0.1) is 11.8 Å². The van der Waals surface area contributed by atoms with Crippen molar-refractivity contribution in [3.63, 3.8) is 0 Å². The van der Waals surface area contributed by atoms with Crippen molar-refractivity contribution in [2.75, 3.05) is 24.7 Å². The molecule has 4 rings (SSSR count). The van der Waals surface area contributed by atoms with E-state index in [-0.39, 0.29) is 17.9 Å². The first kappa shape index (κ1) is 19.8. The van der Waals surface area contributed by atoms with Crippen LogP contribution >= 0.6 is 11.8 Å². The molecule has 6 heteroatoms. The highest BCUT2D eigenvalue weighted by Gasteiger charge is 2.36. The van der Waals surface area contributed by atoms with Crippen LogP contribution in [0.4, 0.5) is 0 Å². The predicted octanol–water partition coefficient (Wildman–Crippen LogP) is 3.63. The number of amides is 2. The Kier molecular flexibility index (Phi) is 5.81. The van der Waals surface area contributed by atoms with Gasteiger partial charge in [0.2, 0.25) is 11.8 Å². The van der Waals surface area contributed by atoms with Crippen molar-refractivity contribution in [3.05, 3.63) is 59.4 Å². The fourth-order valence-electron chi connectivity index (χ4n) is 4.20. The first-order valence-corrected chi connectivity index (χ1v) is 11.3. The van der Waals surface area contributed by atoms with E-state index in [4.69, 9.17) is 0 Å². The molecule has 0 spiro atoms. The van der Waals surface area contributed by atoms with Gasteiger partial charge in [-0.25, -0.2) is 0 Å². The first-order valence-electron chi connectivity index (χ1n) is 10.2. The lowest BCUT2D eigenvalue weighted by Gasteiger charge is -2.26. The molecule has 0 N–H and O–H groups in total. The van der Waals surface area contributed by atoms with Crippen LogP contribution in [0.15, 0.2) is 42.5 Å². The molecular weight excluding hydrogens is 382 g/mol. The summed E-state index contributed by atoms with van der Waals surface area (Å²) >= 11 is 1.65. The van der Waals surface area contributed by atoms with Crippen molar-refractivity contribution < 1.29 is 9.59 Å². The Hall–Kier alpha value is -2.47. The number of carbonyl (C=O) groups excluding carboxylic acids is 2. The summed E-state index contributed by atoms with van der Waals surface area (Å²) in [4.78, 5) is 29.3. The standard InChI is InChI=1S/C23H27N3O2S/c1-17-14-19(18(2)26(17)20-8-4-3-5-9-20)10-11-22(27)25-16-29-15-21(25)23(28)24-12-6-7-13-24/h3-5,8-11,14,21H,6-7,12-13,15-16H2,1-2H3/b11-10+/t21-/m1/s1. The minimum Gasteiger partial charge on any atom is -0.341 e. The molecule has 3 heterocycles. The summed E-state index contributed by atoms with van der Waals surface area (Å²) in [6.45, 7) is 5.78. The number of hydrogen-bond donors (Lipinski definition) is 0. The highest BCUT2D eigenvalue weighted by Crippen LogP contribution is 2.25. The summed E-state index contributed by atoms with van der Waals surface area (Å²) in [6.07, 6.45) is 5.63. The molecule has 152 valence electrons. The number of benzene rings is 1. The van der Waals surface area contributed by atoms with E-state index in [0.717, 1.165) is 48.6 Å². The van der Waals surface area contributed by atoms with E-state index >= 15 is 0 Å². The molecule has 2 aliphatic rings. The normalized spacial score (nSPS) is 19.4. The molecular formula is C23H27N3O2S. The van der Waals surface area contributed by atoms with Gasteiger partial charge in [0.1, 0.15) is 6.04 Å². The van der Waals surface area contributed by atoms with Crippen LogP contribution in [0.3, 0.4) is 0 Å². The van der Waals surface area contributed by atoms with Crippen molar-refractivity contribution >= 4 is 29.7 Å². The van der Waals surface area contributed by atoms with Crippen molar-refractivity contribution in [2.45, 2.75) is 32.7 Å². The maximum atomic E-state index is 12.9. The van der Waals surface area contributed by atoms with E-state index in [0.29, 0.717) is 11.6 Å². The molecule has 29 heavy (non-hydrogen) atoms. The predicted molar refractivity (Wildman–Crippen MR) is 118 cm³/mol. The van der Waals surface area contributed by atoms with E-state index in [1.54, 1.807) is 22.7 Å². The monoisotopic (exact) mass is 409 g/mol. The quantitative estimate of drug-likeness (QED) is 0.725. The van der Waals surface area contributed by atoms with Crippen LogP contribution in [0.5, 0.6) is 0 Å². The zero-order valence-corrected chi connectivity index (χ0v) is 17.8. The summed E-state index contributed by atoms with van der Waals surface area (Å²) in [5.41, 5.74) is 4.35. The maximum absolute atomic E-state index is 12.9. The number of nitrogens with zero attached hydrogens (tertiary/aromatic N) is 3. The Morgan fingerprint density at radius 3 is 2.55 bits per heavy atom. The van der Waals surface area contributed by atoms with Crippen LogP contribution in [-0.4, -0.2) is 56.9 Å². The number of thioether (sulfide) groups is 1. The molecule has 2 aliphatic heterocycles. The fraction of sp³-hybridized carbons (Fsp3) is 0.391. The highest BCUT2D eigenvalue weighted by molar-refractivity contribution is 7.99. The summed E-state index contributed by atoms with van der Waals surface area (Å²) in [7, 11) is 0. The van der Waals surface area contributed by atoms with Crippen molar-refractivity contribution in [3.8, 4) is 5.69 Å². The second kappa shape index (κ2) is 8.49. The fourth-order valence-corrected chi connectivity index (χ4v) is 5.36. The lowest BCUT2D eigenvalue weighted by Crippen LogP contribution is -2.47. The average Bonchev–Trinajstić information content (AvgIpc) is 3.47. The largest absolute Gasteiger partial charge is 0.341 e. The molecule has 2 amide bonds. The second-order valence-electron chi connectivity index (χ2n) is 7.69. The average molecular weight is 410 g/mol. The molecule has 1 atom stereocenters. The molecule has 2 saturated heterocycles. The van der Waals surface area contributed by atoms with Gasteiger partial charge in [0.25, 0.3) is 0 Å². The Bertz CT molecular complexity index is 929. The lowest BCUT2D eigenvalue weighted by atomic mass is 10.2. The van der Waals surface area contributed by atoms with Gasteiger partial charge in [-0.05, 0) is 56.5 Å². The van der Waals surface area contributed by atoms with Gasteiger partial charge in [-0.1, -0.05) is 18.2 Å². The lowest BCUT2D eigenvalue weighted by molar-refractivity contribution is -0.140. The van der Waals surface area contributed by atoms with Crippen molar-refractivity contribution in [2.24, 2.45) is 0 Å². The molecule has 0 saturated carbocycles. The second-order valence-corrected chi connectivity index (χ2v) is 8.69. The van der Waals surface area contributed by atoms with E-state index in [1.165, 1.54) is 0 Å². The van der Waals surface area contributed by atoms with Gasteiger partial charge in [0, 0.05) is 42.0 Å². The third kappa shape index (κ3) is 3.99. The highest BCUT2D eigenvalue weighted by atomic mass is 32.2. The summed E-state index contributed by atoms with van der Waals surface area (Å²) in [5, 5.41) is 0. The molecule has 0 radical (unpaired) electrons. The summed E-state index contributed by atoms with van der Waals surface area (Å²) < 4.78 is 2.19. The van der Waals surface area contributed by atoms with Gasteiger partial charge < -0.3 is 14.4 Å². The molecule has 0 unspecified atom stereocenters. The number of aryl methyl sites for hydroxylation is 1. The van der Waals surface area contributed by atoms with Crippen LogP contribution < -0.4 is 0 Å². The van der Waals surface area contributed by atoms with Crippen LogP contribution in [0.25, 0.3) is 11.8 Å². The van der Waals surface area contributed by atoms with Crippen LogP contribution in [-0.2, 0) is 9.59 Å². The van der Waals surface area contributed by atoms with Gasteiger partial charge >= 0.3 is 0 Å². The van der Waals surface area contributed by atoms with Crippen LogP contribution in [0.1, 0.15) is 29.8 Å². The number of likely N-dealkylation sites (tertiary alicyclic amines) is 1. The van der Waals surface area contributed by atoms with Gasteiger partial charge in [-0.3, -0.25) is 9.59 Å². The topological polar surface area (TPSA) is 45.6 Å². The van der Waals surface area contributed by atoms with E-state index in [1.807, 2.05) is 29.2 Å². The number of aromatic nitrogens is 1.